The van der Waals surface area contributed by atoms with Crippen molar-refractivity contribution in [2.45, 2.75) is 19.3 Å². The lowest BCUT2D eigenvalue weighted by atomic mass is 9.92. The first-order chi connectivity index (χ1) is 14.3. The zero-order valence-electron chi connectivity index (χ0n) is 16.1. The van der Waals surface area contributed by atoms with Crippen LogP contribution < -0.4 is 4.74 Å². The molecule has 0 saturated heterocycles. The number of halogens is 2. The van der Waals surface area contributed by atoms with Crippen molar-refractivity contribution >= 4 is 17.6 Å². The number of amides is 1. The van der Waals surface area contributed by atoms with Crippen molar-refractivity contribution < 1.29 is 33.3 Å². The molecule has 1 heterocycles. The van der Waals surface area contributed by atoms with Crippen molar-refractivity contribution in [1.82, 2.24) is 4.90 Å². The number of carboxylic acids is 1. The van der Waals surface area contributed by atoms with E-state index in [-0.39, 0.29) is 31.0 Å². The Balaban J connectivity index is 1.60. The maximum absolute atomic E-state index is 13.5. The van der Waals surface area contributed by atoms with Crippen LogP contribution in [0.1, 0.15) is 24.0 Å². The molecule has 0 saturated carbocycles. The molecule has 6 nitrogen and oxygen atoms in total. The number of hydrogen-bond donors (Lipinski definition) is 2. The Hall–Kier alpha value is -3.42. The lowest BCUT2D eigenvalue weighted by molar-refractivity contribution is -0.132. The van der Waals surface area contributed by atoms with Crippen LogP contribution >= 0.6 is 0 Å². The highest BCUT2D eigenvalue weighted by Crippen LogP contribution is 2.28. The number of hydrogen-bond acceptors (Lipinski definition) is 3. The monoisotopic (exact) mass is 417 g/mol. The van der Waals surface area contributed by atoms with E-state index in [1.165, 1.54) is 0 Å². The third kappa shape index (κ3) is 5.14. The molecule has 0 radical (unpaired) electrons. The molecule has 8 heteroatoms. The second-order valence-electron chi connectivity index (χ2n) is 6.94. The molecule has 30 heavy (non-hydrogen) atoms. The van der Waals surface area contributed by atoms with Crippen LogP contribution in [0.3, 0.4) is 0 Å². The molecule has 0 atom stereocenters. The minimum atomic E-state index is -1.14. The quantitative estimate of drug-likeness (QED) is 0.660. The van der Waals surface area contributed by atoms with Crippen molar-refractivity contribution in [3.63, 3.8) is 0 Å². The standard InChI is InChI=1S/C22H21F2NO5/c23-16-7-8-19(24)20(12-16)30-11-1-2-14-3-5-15(6-4-14)17-9-10-25(22(28)29)13-18(17)21(26)27/h3-8,12H,1-2,9-11,13H2,(H,26,27)(H,28,29). The molecule has 1 aliphatic heterocycles. The van der Waals surface area contributed by atoms with E-state index in [0.29, 0.717) is 24.8 Å². The van der Waals surface area contributed by atoms with Gasteiger partial charge < -0.3 is 19.8 Å². The van der Waals surface area contributed by atoms with E-state index >= 15 is 0 Å². The molecular formula is C22H21F2NO5. The molecule has 2 N–H and O–H groups in total. The minimum absolute atomic E-state index is 0.0851. The first kappa shape index (κ1) is 21.3. The molecule has 0 fully saturated rings. The largest absolute Gasteiger partial charge is 0.490 e. The number of aliphatic carboxylic acids is 1. The maximum Gasteiger partial charge on any atom is 0.407 e. The SMILES string of the molecule is O=C(O)C1=C(c2ccc(CCCOc3cc(F)ccc3F)cc2)CCN(C(=O)O)C1. The van der Waals surface area contributed by atoms with Gasteiger partial charge in [0.25, 0.3) is 0 Å². The van der Waals surface area contributed by atoms with Crippen molar-refractivity contribution in [2.24, 2.45) is 0 Å². The Labute approximate surface area is 172 Å². The van der Waals surface area contributed by atoms with E-state index in [4.69, 9.17) is 9.84 Å². The fourth-order valence-corrected chi connectivity index (χ4v) is 3.36. The van der Waals surface area contributed by atoms with E-state index in [9.17, 15) is 23.5 Å². The summed E-state index contributed by atoms with van der Waals surface area (Å²) in [6, 6.07) is 10.4. The van der Waals surface area contributed by atoms with Gasteiger partial charge in [0, 0.05) is 12.6 Å². The van der Waals surface area contributed by atoms with Gasteiger partial charge in [-0.1, -0.05) is 24.3 Å². The van der Waals surface area contributed by atoms with Crippen LogP contribution in [0.4, 0.5) is 13.6 Å². The summed E-state index contributed by atoms with van der Waals surface area (Å²) in [5, 5.41) is 18.6. The summed E-state index contributed by atoms with van der Waals surface area (Å²) in [5.74, 6) is -2.42. The number of rotatable bonds is 7. The molecule has 0 aromatic heterocycles. The Morgan fingerprint density at radius 3 is 2.47 bits per heavy atom. The van der Waals surface area contributed by atoms with Gasteiger partial charge in [0.1, 0.15) is 5.82 Å². The first-order valence-corrected chi connectivity index (χ1v) is 9.45. The van der Waals surface area contributed by atoms with Gasteiger partial charge in [0.15, 0.2) is 11.6 Å². The van der Waals surface area contributed by atoms with Crippen molar-refractivity contribution in [2.75, 3.05) is 19.7 Å². The Morgan fingerprint density at radius 1 is 1.07 bits per heavy atom. The highest BCUT2D eigenvalue weighted by Gasteiger charge is 2.26. The molecule has 0 spiro atoms. The predicted molar refractivity (Wildman–Crippen MR) is 105 cm³/mol. The van der Waals surface area contributed by atoms with Gasteiger partial charge in [-0.3, -0.25) is 0 Å². The highest BCUT2D eigenvalue weighted by molar-refractivity contribution is 5.98. The van der Waals surface area contributed by atoms with Gasteiger partial charge in [-0.25, -0.2) is 18.4 Å². The molecule has 0 unspecified atom stereocenters. The number of carbonyl (C=O) groups is 2. The van der Waals surface area contributed by atoms with Crippen molar-refractivity contribution in [3.8, 4) is 5.75 Å². The molecule has 1 aliphatic rings. The molecule has 1 amide bonds. The summed E-state index contributed by atoms with van der Waals surface area (Å²) in [5.41, 5.74) is 2.46. The number of aryl methyl sites for hydroxylation is 1. The van der Waals surface area contributed by atoms with E-state index in [1.807, 2.05) is 24.3 Å². The second kappa shape index (κ2) is 9.39. The number of nitrogens with zero attached hydrogens (tertiary/aromatic N) is 1. The van der Waals surface area contributed by atoms with Gasteiger partial charge in [-0.15, -0.1) is 0 Å². The molecule has 2 aromatic rings. The summed E-state index contributed by atoms with van der Waals surface area (Å²) in [6.07, 6.45) is 0.435. The van der Waals surface area contributed by atoms with Gasteiger partial charge >= 0.3 is 12.1 Å². The van der Waals surface area contributed by atoms with Crippen LogP contribution in [0.15, 0.2) is 48.0 Å². The lowest BCUT2D eigenvalue weighted by Crippen LogP contribution is -2.37. The number of ether oxygens (including phenoxy) is 1. The van der Waals surface area contributed by atoms with E-state index in [1.54, 1.807) is 0 Å². The fourth-order valence-electron chi connectivity index (χ4n) is 3.36. The number of benzene rings is 2. The summed E-state index contributed by atoms with van der Waals surface area (Å²) < 4.78 is 31.9. The second-order valence-corrected chi connectivity index (χ2v) is 6.94. The highest BCUT2D eigenvalue weighted by atomic mass is 19.1. The first-order valence-electron chi connectivity index (χ1n) is 9.45. The zero-order chi connectivity index (χ0) is 21.7. The molecule has 2 aromatic carbocycles. The normalized spacial score (nSPS) is 14.0. The molecular weight excluding hydrogens is 396 g/mol. The average molecular weight is 417 g/mol. The predicted octanol–water partition coefficient (Wildman–Crippen LogP) is 4.20. The Morgan fingerprint density at radius 2 is 1.80 bits per heavy atom. The topological polar surface area (TPSA) is 87.1 Å². The third-order valence-corrected chi connectivity index (χ3v) is 4.94. The van der Waals surface area contributed by atoms with E-state index in [0.717, 1.165) is 34.2 Å². The molecule has 3 rings (SSSR count). The Kier molecular flexibility index (Phi) is 6.66. The smallest absolute Gasteiger partial charge is 0.407 e. The van der Waals surface area contributed by atoms with E-state index < -0.39 is 23.7 Å². The maximum atomic E-state index is 13.5. The van der Waals surface area contributed by atoms with Gasteiger partial charge in [-0.05, 0) is 48.1 Å². The summed E-state index contributed by atoms with van der Waals surface area (Å²) in [7, 11) is 0. The summed E-state index contributed by atoms with van der Waals surface area (Å²) in [6.45, 7) is 0.328. The van der Waals surface area contributed by atoms with Crippen LogP contribution in [0.5, 0.6) is 5.75 Å². The van der Waals surface area contributed by atoms with Crippen molar-refractivity contribution in [1.29, 1.82) is 0 Å². The summed E-state index contributed by atoms with van der Waals surface area (Å²) >= 11 is 0. The summed E-state index contributed by atoms with van der Waals surface area (Å²) in [4.78, 5) is 23.8. The lowest BCUT2D eigenvalue weighted by Gasteiger charge is -2.27. The van der Waals surface area contributed by atoms with Crippen LogP contribution in [-0.4, -0.2) is 46.9 Å². The van der Waals surface area contributed by atoms with Gasteiger partial charge in [-0.2, -0.15) is 0 Å². The Bertz CT molecular complexity index is 972. The average Bonchev–Trinajstić information content (AvgIpc) is 2.73. The van der Waals surface area contributed by atoms with Crippen molar-refractivity contribution in [3.05, 3.63) is 70.8 Å². The zero-order valence-corrected chi connectivity index (χ0v) is 16.1. The van der Waals surface area contributed by atoms with Crippen LogP contribution in [0.2, 0.25) is 0 Å². The van der Waals surface area contributed by atoms with Crippen LogP contribution in [0, 0.1) is 11.6 Å². The number of carboxylic acid groups (broad SMARTS) is 2. The van der Waals surface area contributed by atoms with E-state index in [2.05, 4.69) is 0 Å². The third-order valence-electron chi connectivity index (χ3n) is 4.94. The van der Waals surface area contributed by atoms with Gasteiger partial charge in [0.2, 0.25) is 0 Å². The fraction of sp³-hybridized carbons (Fsp3) is 0.273. The van der Waals surface area contributed by atoms with Crippen LogP contribution in [-0.2, 0) is 11.2 Å². The molecule has 158 valence electrons. The van der Waals surface area contributed by atoms with Crippen LogP contribution in [0.25, 0.3) is 5.57 Å². The molecule has 0 bridgehead atoms. The minimum Gasteiger partial charge on any atom is -0.490 e. The van der Waals surface area contributed by atoms with Gasteiger partial charge in [0.05, 0.1) is 18.7 Å². The molecule has 0 aliphatic carbocycles.